The summed E-state index contributed by atoms with van der Waals surface area (Å²) in [7, 11) is 0. The molecule has 0 saturated carbocycles. The number of nitrogens with zero attached hydrogens (tertiary/aromatic N) is 3. The molecule has 1 atom stereocenters. The van der Waals surface area contributed by atoms with Gasteiger partial charge in [-0.2, -0.15) is 0 Å². The molecule has 0 aliphatic carbocycles. The van der Waals surface area contributed by atoms with E-state index in [1.165, 1.54) is 37.3 Å². The molecule has 0 spiro atoms. The first kappa shape index (κ1) is 15.5. The van der Waals surface area contributed by atoms with E-state index in [-0.39, 0.29) is 11.9 Å². The molecule has 2 bridgehead atoms. The molecular formula is C17H20N4O2S. The highest BCUT2D eigenvalue weighted by molar-refractivity contribution is 7.11. The monoisotopic (exact) mass is 344 g/mol. The van der Waals surface area contributed by atoms with Crippen molar-refractivity contribution in [2.75, 3.05) is 19.6 Å². The SMILES string of the molecule is O=C(NC1CC2CCN(CC2)C1)c1ccc(Oc2nncs2)cc1. The number of hydrogen-bond donors (Lipinski definition) is 1. The number of ether oxygens (including phenoxy) is 1. The van der Waals surface area contributed by atoms with E-state index in [9.17, 15) is 4.79 Å². The van der Waals surface area contributed by atoms with Gasteiger partial charge < -0.3 is 15.0 Å². The first-order valence-corrected chi connectivity index (χ1v) is 9.21. The Balaban J connectivity index is 1.37. The van der Waals surface area contributed by atoms with E-state index < -0.39 is 0 Å². The maximum absolute atomic E-state index is 12.5. The van der Waals surface area contributed by atoms with E-state index in [0.717, 1.165) is 18.9 Å². The summed E-state index contributed by atoms with van der Waals surface area (Å²) in [5, 5.41) is 11.3. The smallest absolute Gasteiger partial charge is 0.299 e. The fourth-order valence-corrected chi connectivity index (χ4v) is 3.97. The first-order chi connectivity index (χ1) is 11.8. The lowest BCUT2D eigenvalue weighted by atomic mass is 9.94. The summed E-state index contributed by atoms with van der Waals surface area (Å²) in [4.78, 5) is 15.0. The standard InChI is InChI=1S/C17H20N4O2S/c22-16(19-14-9-12-5-7-21(10-14)8-6-12)13-1-3-15(4-2-13)23-17-20-18-11-24-17/h1-4,11-12,14H,5-10H2,(H,19,22). The molecule has 3 aliphatic rings. The number of amides is 1. The molecule has 1 aromatic heterocycles. The van der Waals surface area contributed by atoms with Crippen molar-refractivity contribution in [3.8, 4) is 10.9 Å². The number of rotatable bonds is 4. The Kier molecular flexibility index (Phi) is 4.44. The summed E-state index contributed by atoms with van der Waals surface area (Å²) in [6.45, 7) is 3.32. The number of nitrogens with one attached hydrogen (secondary N) is 1. The minimum absolute atomic E-state index is 0.00929. The van der Waals surface area contributed by atoms with Crippen LogP contribution in [0.3, 0.4) is 0 Å². The molecule has 126 valence electrons. The van der Waals surface area contributed by atoms with Gasteiger partial charge in [0, 0.05) is 18.2 Å². The van der Waals surface area contributed by atoms with Gasteiger partial charge in [-0.05, 0) is 62.5 Å². The highest BCUT2D eigenvalue weighted by atomic mass is 32.1. The van der Waals surface area contributed by atoms with Crippen molar-refractivity contribution in [3.05, 3.63) is 35.3 Å². The molecule has 1 unspecified atom stereocenters. The van der Waals surface area contributed by atoms with Crippen LogP contribution in [0.4, 0.5) is 0 Å². The van der Waals surface area contributed by atoms with Crippen LogP contribution in [-0.2, 0) is 0 Å². The number of carbonyl (C=O) groups is 1. The summed E-state index contributed by atoms with van der Waals surface area (Å²) in [6.07, 6.45) is 3.63. The van der Waals surface area contributed by atoms with Gasteiger partial charge in [0.15, 0.2) is 0 Å². The van der Waals surface area contributed by atoms with Crippen molar-refractivity contribution in [1.29, 1.82) is 0 Å². The van der Waals surface area contributed by atoms with Gasteiger partial charge in [0.1, 0.15) is 11.3 Å². The molecule has 6 nitrogen and oxygen atoms in total. The first-order valence-electron chi connectivity index (χ1n) is 8.33. The van der Waals surface area contributed by atoms with Crippen LogP contribution in [0.1, 0.15) is 29.6 Å². The summed E-state index contributed by atoms with van der Waals surface area (Å²) >= 11 is 1.33. The van der Waals surface area contributed by atoms with Gasteiger partial charge in [0.25, 0.3) is 11.1 Å². The highest BCUT2D eigenvalue weighted by Crippen LogP contribution is 2.27. The van der Waals surface area contributed by atoms with Gasteiger partial charge in [0.2, 0.25) is 0 Å². The second-order valence-electron chi connectivity index (χ2n) is 6.48. The van der Waals surface area contributed by atoms with Gasteiger partial charge in [-0.3, -0.25) is 4.79 Å². The highest BCUT2D eigenvalue weighted by Gasteiger charge is 2.29. The van der Waals surface area contributed by atoms with Crippen molar-refractivity contribution in [2.45, 2.75) is 25.3 Å². The quantitative estimate of drug-likeness (QED) is 0.923. The van der Waals surface area contributed by atoms with E-state index in [1.807, 2.05) is 0 Å². The van der Waals surface area contributed by atoms with Gasteiger partial charge in [-0.1, -0.05) is 16.4 Å². The summed E-state index contributed by atoms with van der Waals surface area (Å²) < 4.78 is 5.56. The molecule has 1 N–H and O–H groups in total. The second kappa shape index (κ2) is 6.86. The maximum Gasteiger partial charge on any atom is 0.299 e. The molecule has 3 fully saturated rings. The van der Waals surface area contributed by atoms with Gasteiger partial charge >= 0.3 is 0 Å². The van der Waals surface area contributed by atoms with Crippen molar-refractivity contribution in [3.63, 3.8) is 0 Å². The van der Waals surface area contributed by atoms with Gasteiger partial charge in [-0.25, -0.2) is 0 Å². The minimum atomic E-state index is -0.00929. The van der Waals surface area contributed by atoms with E-state index in [0.29, 0.717) is 16.5 Å². The molecule has 5 rings (SSSR count). The molecular weight excluding hydrogens is 324 g/mol. The second-order valence-corrected chi connectivity index (χ2v) is 7.28. The number of carbonyl (C=O) groups excluding carboxylic acids is 1. The predicted molar refractivity (Wildman–Crippen MR) is 91.5 cm³/mol. The van der Waals surface area contributed by atoms with Crippen molar-refractivity contribution in [2.24, 2.45) is 5.92 Å². The van der Waals surface area contributed by atoms with Crippen LogP contribution < -0.4 is 10.1 Å². The number of piperidine rings is 1. The lowest BCUT2D eigenvalue weighted by Crippen LogP contribution is -2.41. The number of benzene rings is 1. The molecule has 1 amide bonds. The molecule has 0 radical (unpaired) electrons. The Morgan fingerprint density at radius 3 is 2.75 bits per heavy atom. The van der Waals surface area contributed by atoms with E-state index in [2.05, 4.69) is 20.4 Å². The molecule has 1 aromatic carbocycles. The molecule has 2 aromatic rings. The Morgan fingerprint density at radius 2 is 2.04 bits per heavy atom. The Bertz CT molecular complexity index is 667. The summed E-state index contributed by atoms with van der Waals surface area (Å²) in [5.41, 5.74) is 2.28. The average molecular weight is 344 g/mol. The van der Waals surface area contributed by atoms with Crippen LogP contribution >= 0.6 is 11.3 Å². The molecule has 3 aliphatic heterocycles. The molecule has 3 saturated heterocycles. The Morgan fingerprint density at radius 1 is 1.25 bits per heavy atom. The Labute approximate surface area is 144 Å². The van der Waals surface area contributed by atoms with Crippen LogP contribution in [0.25, 0.3) is 0 Å². The van der Waals surface area contributed by atoms with Crippen molar-refractivity contribution < 1.29 is 9.53 Å². The van der Waals surface area contributed by atoms with E-state index in [1.54, 1.807) is 29.8 Å². The third-order valence-electron chi connectivity index (χ3n) is 4.80. The molecule has 4 heterocycles. The fourth-order valence-electron chi connectivity index (χ4n) is 3.55. The lowest BCUT2D eigenvalue weighted by molar-refractivity contribution is 0.0929. The number of fused-ring (bicyclic) bond motifs is 4. The number of aromatic nitrogens is 2. The molecule has 7 heteroatoms. The normalized spacial score (nSPS) is 25.9. The third kappa shape index (κ3) is 3.57. The van der Waals surface area contributed by atoms with Crippen LogP contribution in [0.15, 0.2) is 29.8 Å². The zero-order valence-corrected chi connectivity index (χ0v) is 14.2. The average Bonchev–Trinajstić information content (AvgIpc) is 2.94. The minimum Gasteiger partial charge on any atom is -0.430 e. The third-order valence-corrected chi connectivity index (χ3v) is 5.37. The van der Waals surface area contributed by atoms with Crippen LogP contribution in [0.2, 0.25) is 0 Å². The fraction of sp³-hybridized carbons (Fsp3) is 0.471. The van der Waals surface area contributed by atoms with Gasteiger partial charge in [-0.15, -0.1) is 5.10 Å². The van der Waals surface area contributed by atoms with E-state index in [4.69, 9.17) is 4.74 Å². The van der Waals surface area contributed by atoms with Crippen LogP contribution in [-0.4, -0.2) is 46.7 Å². The zero-order chi connectivity index (χ0) is 16.4. The number of hydrogen-bond acceptors (Lipinski definition) is 6. The Hall–Kier alpha value is -1.99. The largest absolute Gasteiger partial charge is 0.430 e. The summed E-state index contributed by atoms with van der Waals surface area (Å²) in [5.74, 6) is 1.41. The van der Waals surface area contributed by atoms with Crippen LogP contribution in [0, 0.1) is 5.92 Å². The van der Waals surface area contributed by atoms with Crippen molar-refractivity contribution in [1.82, 2.24) is 20.4 Å². The topological polar surface area (TPSA) is 67.4 Å². The van der Waals surface area contributed by atoms with Crippen molar-refractivity contribution >= 4 is 17.2 Å². The summed E-state index contributed by atoms with van der Waals surface area (Å²) in [6, 6.07) is 7.41. The zero-order valence-electron chi connectivity index (χ0n) is 13.4. The van der Waals surface area contributed by atoms with E-state index >= 15 is 0 Å². The lowest BCUT2D eigenvalue weighted by Gasteiger charge is -2.26. The predicted octanol–water partition coefficient (Wildman–Crippen LogP) is 2.54. The van der Waals surface area contributed by atoms with Crippen LogP contribution in [0.5, 0.6) is 10.9 Å². The molecule has 24 heavy (non-hydrogen) atoms. The maximum atomic E-state index is 12.5. The van der Waals surface area contributed by atoms with Gasteiger partial charge in [0.05, 0.1) is 0 Å².